The zero-order chi connectivity index (χ0) is 23.3. The molecule has 0 aliphatic carbocycles. The van der Waals surface area contributed by atoms with E-state index in [4.69, 9.17) is 15.9 Å². The summed E-state index contributed by atoms with van der Waals surface area (Å²) < 4.78 is 9.66. The van der Waals surface area contributed by atoms with E-state index in [9.17, 15) is 14.4 Å². The molecular weight excluding hydrogens is 412 g/mol. The number of nitrogens with zero attached hydrogens (tertiary/aromatic N) is 2. The number of rotatable bonds is 8. The Morgan fingerprint density at radius 2 is 1.78 bits per heavy atom. The largest absolute Gasteiger partial charge is 0.469 e. The number of nitrogens with one attached hydrogen (secondary N) is 1. The van der Waals surface area contributed by atoms with Crippen molar-refractivity contribution in [3.63, 3.8) is 0 Å². The number of nitrogens with two attached hydrogens (primary N) is 1. The van der Waals surface area contributed by atoms with E-state index in [1.165, 1.54) is 18.1 Å². The molecule has 3 rings (SSSR count). The van der Waals surface area contributed by atoms with Crippen molar-refractivity contribution in [2.45, 2.75) is 19.8 Å². The van der Waals surface area contributed by atoms with Crippen LogP contribution in [0.4, 0.5) is 16.2 Å². The molecule has 1 saturated heterocycles. The molecule has 2 amide bonds. The summed E-state index contributed by atoms with van der Waals surface area (Å²) in [6.45, 7) is 2.80. The first-order chi connectivity index (χ1) is 15.3. The Balaban J connectivity index is 1.78. The minimum Gasteiger partial charge on any atom is -0.469 e. The van der Waals surface area contributed by atoms with Gasteiger partial charge in [0.2, 0.25) is 0 Å². The molecule has 0 aromatic heterocycles. The summed E-state index contributed by atoms with van der Waals surface area (Å²) in [5.41, 5.74) is 8.47. The van der Waals surface area contributed by atoms with Gasteiger partial charge in [-0.2, -0.15) is 0 Å². The smallest absolute Gasteiger partial charge is 0.338 e. The summed E-state index contributed by atoms with van der Waals surface area (Å²) >= 11 is 0. The van der Waals surface area contributed by atoms with E-state index in [1.807, 2.05) is 24.3 Å². The monoisotopic (exact) mass is 438 g/mol. The van der Waals surface area contributed by atoms with E-state index in [0.29, 0.717) is 37.2 Å². The molecule has 9 heteroatoms. The van der Waals surface area contributed by atoms with Crippen molar-refractivity contribution in [3.05, 3.63) is 59.2 Å². The van der Waals surface area contributed by atoms with E-state index < -0.39 is 5.97 Å². The highest BCUT2D eigenvalue weighted by molar-refractivity contribution is 6.11. The molecule has 0 spiro atoms. The first-order valence-electron chi connectivity index (χ1n) is 10.3. The number of nitrogen functional groups attached to an aromatic ring is 1. The van der Waals surface area contributed by atoms with Crippen LogP contribution < -0.4 is 15.5 Å². The molecule has 1 aliphatic rings. The van der Waals surface area contributed by atoms with Gasteiger partial charge in [0.15, 0.2) is 0 Å². The maximum atomic E-state index is 13.1. The summed E-state index contributed by atoms with van der Waals surface area (Å²) in [4.78, 5) is 39.6. The lowest BCUT2D eigenvalue weighted by Gasteiger charge is -2.21. The number of amides is 2. The van der Waals surface area contributed by atoms with Gasteiger partial charge in [-0.3, -0.25) is 20.0 Å². The van der Waals surface area contributed by atoms with E-state index in [-0.39, 0.29) is 30.0 Å². The number of hydrogen-bond acceptors (Lipinski definition) is 6. The van der Waals surface area contributed by atoms with Gasteiger partial charge in [-0.05, 0) is 49.2 Å². The minimum atomic E-state index is -0.511. The Hall–Kier alpha value is -3.88. The summed E-state index contributed by atoms with van der Waals surface area (Å²) in [5, 5.41) is 7.91. The second-order valence-electron chi connectivity index (χ2n) is 7.19. The van der Waals surface area contributed by atoms with E-state index in [2.05, 4.69) is 4.74 Å². The third kappa shape index (κ3) is 4.88. The average molecular weight is 438 g/mol. The average Bonchev–Trinajstić information content (AvgIpc) is 3.18. The van der Waals surface area contributed by atoms with Crippen LogP contribution in [0.3, 0.4) is 0 Å². The summed E-state index contributed by atoms with van der Waals surface area (Å²) in [6, 6.07) is 11.8. The molecule has 0 radical (unpaired) electrons. The molecule has 32 heavy (non-hydrogen) atoms. The number of carbonyl (C=O) groups is 3. The van der Waals surface area contributed by atoms with Gasteiger partial charge in [0.1, 0.15) is 5.84 Å². The minimum absolute atomic E-state index is 0.233. The number of methoxy groups -OCH3 is 1. The normalized spacial score (nSPS) is 13.2. The summed E-state index contributed by atoms with van der Waals surface area (Å²) in [5.74, 6) is -1.02. The zero-order valence-corrected chi connectivity index (χ0v) is 18.1. The van der Waals surface area contributed by atoms with E-state index >= 15 is 0 Å². The molecule has 1 fully saturated rings. The fourth-order valence-corrected chi connectivity index (χ4v) is 3.52. The number of amidine groups is 1. The van der Waals surface area contributed by atoms with Crippen molar-refractivity contribution in [2.75, 3.05) is 36.6 Å². The van der Waals surface area contributed by atoms with Gasteiger partial charge in [-0.1, -0.05) is 12.1 Å². The number of benzene rings is 2. The van der Waals surface area contributed by atoms with Crippen LogP contribution in [-0.2, 0) is 20.7 Å². The SMILES string of the molecule is CCOC(=O)c1ccc(N2CCN(c3ccc(CCC(=O)OC)cc3)C2=O)c(C(=N)N)c1. The van der Waals surface area contributed by atoms with Crippen LogP contribution in [0.2, 0.25) is 0 Å². The Kier molecular flexibility index (Phi) is 7.09. The van der Waals surface area contributed by atoms with Gasteiger partial charge in [-0.25, -0.2) is 9.59 Å². The van der Waals surface area contributed by atoms with Crippen LogP contribution in [0.15, 0.2) is 42.5 Å². The van der Waals surface area contributed by atoms with Gasteiger partial charge in [0.05, 0.1) is 25.0 Å². The van der Waals surface area contributed by atoms with Crippen LogP contribution in [0.25, 0.3) is 0 Å². The molecule has 168 valence electrons. The van der Waals surface area contributed by atoms with Gasteiger partial charge in [0.25, 0.3) is 0 Å². The van der Waals surface area contributed by atoms with Crippen molar-refractivity contribution >= 4 is 35.2 Å². The first-order valence-corrected chi connectivity index (χ1v) is 10.3. The third-order valence-electron chi connectivity index (χ3n) is 5.19. The van der Waals surface area contributed by atoms with E-state index in [0.717, 1.165) is 11.3 Å². The lowest BCUT2D eigenvalue weighted by atomic mass is 10.1. The van der Waals surface area contributed by atoms with Crippen molar-refractivity contribution in [3.8, 4) is 0 Å². The summed E-state index contributed by atoms with van der Waals surface area (Å²) in [6.07, 6.45) is 0.851. The number of carbonyl (C=O) groups excluding carboxylic acids is 3. The van der Waals surface area contributed by atoms with Crippen molar-refractivity contribution in [2.24, 2.45) is 5.73 Å². The number of hydrogen-bond donors (Lipinski definition) is 2. The molecule has 0 bridgehead atoms. The Labute approximate surface area is 186 Å². The maximum absolute atomic E-state index is 13.1. The highest BCUT2D eigenvalue weighted by Crippen LogP contribution is 2.29. The third-order valence-corrected chi connectivity index (χ3v) is 5.19. The predicted molar refractivity (Wildman–Crippen MR) is 120 cm³/mol. The molecule has 2 aromatic carbocycles. The number of esters is 2. The molecule has 3 N–H and O–H groups in total. The molecule has 2 aromatic rings. The van der Waals surface area contributed by atoms with Gasteiger partial charge in [-0.15, -0.1) is 0 Å². The van der Waals surface area contributed by atoms with Gasteiger partial charge >= 0.3 is 18.0 Å². The fraction of sp³-hybridized carbons (Fsp3) is 0.304. The Morgan fingerprint density at radius 1 is 1.09 bits per heavy atom. The van der Waals surface area contributed by atoms with Crippen LogP contribution in [0.5, 0.6) is 0 Å². The van der Waals surface area contributed by atoms with Crippen molar-refractivity contribution in [1.82, 2.24) is 0 Å². The predicted octanol–water partition coefficient (Wildman–Crippen LogP) is 2.70. The highest BCUT2D eigenvalue weighted by Gasteiger charge is 2.32. The number of ether oxygens (including phenoxy) is 2. The zero-order valence-electron chi connectivity index (χ0n) is 18.1. The van der Waals surface area contributed by atoms with Gasteiger partial charge in [0, 0.05) is 30.8 Å². The van der Waals surface area contributed by atoms with Crippen LogP contribution in [0.1, 0.15) is 34.8 Å². The molecule has 0 unspecified atom stereocenters. The van der Waals surface area contributed by atoms with Crippen LogP contribution >= 0.6 is 0 Å². The second kappa shape index (κ2) is 9.95. The summed E-state index contributed by atoms with van der Waals surface area (Å²) in [7, 11) is 1.36. The molecule has 0 saturated carbocycles. The van der Waals surface area contributed by atoms with Crippen LogP contribution in [-0.4, -0.2) is 50.6 Å². The standard InChI is InChI=1S/C23H26N4O5/c1-3-32-22(29)16-7-10-19(18(14-16)21(24)25)27-13-12-26(23(27)30)17-8-4-15(5-9-17)6-11-20(28)31-2/h4-5,7-10,14H,3,6,11-13H2,1-2H3,(H3,24,25). The highest BCUT2D eigenvalue weighted by atomic mass is 16.5. The fourth-order valence-electron chi connectivity index (χ4n) is 3.52. The molecule has 1 aliphatic heterocycles. The number of anilines is 2. The lowest BCUT2D eigenvalue weighted by Crippen LogP contribution is -2.33. The Morgan fingerprint density at radius 3 is 2.41 bits per heavy atom. The Bertz CT molecular complexity index is 1040. The first kappa shape index (κ1) is 22.8. The number of urea groups is 1. The van der Waals surface area contributed by atoms with Gasteiger partial charge < -0.3 is 15.2 Å². The van der Waals surface area contributed by atoms with Crippen molar-refractivity contribution in [1.29, 1.82) is 5.41 Å². The molecule has 1 heterocycles. The van der Waals surface area contributed by atoms with E-state index in [1.54, 1.807) is 24.0 Å². The second-order valence-corrected chi connectivity index (χ2v) is 7.19. The maximum Gasteiger partial charge on any atom is 0.338 e. The lowest BCUT2D eigenvalue weighted by molar-refractivity contribution is -0.140. The molecule has 0 atom stereocenters. The molecule has 9 nitrogen and oxygen atoms in total. The molecular formula is C23H26N4O5. The van der Waals surface area contributed by atoms with Crippen LogP contribution in [0, 0.1) is 5.41 Å². The topological polar surface area (TPSA) is 126 Å². The van der Waals surface area contributed by atoms with Crippen molar-refractivity contribution < 1.29 is 23.9 Å². The quantitative estimate of drug-likeness (QED) is 0.371. The number of aryl methyl sites for hydroxylation is 1.